The first-order valence-corrected chi connectivity index (χ1v) is 16.0. The maximum atomic E-state index is 13.5. The summed E-state index contributed by atoms with van der Waals surface area (Å²) < 4.78 is 39.1. The molecule has 1 aliphatic carbocycles. The van der Waals surface area contributed by atoms with Crippen LogP contribution in [0.15, 0.2) is 42.4 Å². The van der Waals surface area contributed by atoms with Crippen LogP contribution in [0.1, 0.15) is 40.5 Å². The quantitative estimate of drug-likeness (QED) is 0.306. The number of carbonyl (C=O) groups excluding carboxylic acids is 2. The Kier molecular flexibility index (Phi) is 10.9. The zero-order valence-corrected chi connectivity index (χ0v) is 28.4. The van der Waals surface area contributed by atoms with Gasteiger partial charge in [-0.2, -0.15) is 0 Å². The summed E-state index contributed by atoms with van der Waals surface area (Å²) in [6.45, 7) is 4.81. The Morgan fingerprint density at radius 3 is 2.28 bits per heavy atom. The van der Waals surface area contributed by atoms with Crippen molar-refractivity contribution in [2.24, 2.45) is 17.8 Å². The highest BCUT2D eigenvalue weighted by molar-refractivity contribution is 6.25. The van der Waals surface area contributed by atoms with Crippen LogP contribution in [0.2, 0.25) is 0 Å². The van der Waals surface area contributed by atoms with E-state index < -0.39 is 24.1 Å². The van der Waals surface area contributed by atoms with E-state index >= 15 is 0 Å². The predicted octanol–water partition coefficient (Wildman–Crippen LogP) is 5.54. The first-order valence-electron chi connectivity index (χ1n) is 15.5. The average Bonchev–Trinajstić information content (AvgIpc) is 3.47. The molecule has 2 fully saturated rings. The molecule has 12 heteroatoms. The van der Waals surface area contributed by atoms with Crippen molar-refractivity contribution in [3.63, 3.8) is 0 Å². The number of ether oxygens (including phenoxy) is 7. The standard InChI is InChI=1S/C33H40N2O9.C2H3Cl/c1-38-19-7-8-20-21-9-10-35-16-18-13-27(44-32(36)17-11-25(39-2)30(41-4)26(12-17)40-3)31(42-5)28(33(37)43-6)22(18)15-24(35)29(21)34-23(20)14-19;1-2-3/h7-8,11-12,14,18,22,24,27-28,31,34H,9-10,13,15-16H2,1-6H3;2H,1H2/t18-,22+,24-,27-,28+,31+;/m1./s1. The number of rotatable bonds is 8. The van der Waals surface area contributed by atoms with Crippen molar-refractivity contribution < 1.29 is 42.7 Å². The molecule has 3 aliphatic rings. The molecular formula is C35H43ClN2O9. The van der Waals surface area contributed by atoms with Gasteiger partial charge in [-0.1, -0.05) is 18.2 Å². The lowest BCUT2D eigenvalue weighted by Crippen LogP contribution is -2.58. The molecule has 0 bridgehead atoms. The minimum atomic E-state index is -0.670. The molecule has 254 valence electrons. The lowest BCUT2D eigenvalue weighted by atomic mass is 9.63. The molecule has 2 aromatic carbocycles. The van der Waals surface area contributed by atoms with Gasteiger partial charge in [0.05, 0.1) is 53.1 Å². The Morgan fingerprint density at radius 1 is 0.979 bits per heavy atom. The second kappa shape index (κ2) is 14.9. The monoisotopic (exact) mass is 670 g/mol. The summed E-state index contributed by atoms with van der Waals surface area (Å²) >= 11 is 4.76. The number of carbonyl (C=O) groups is 2. The van der Waals surface area contributed by atoms with Gasteiger partial charge in [-0.15, -0.1) is 0 Å². The highest BCUT2D eigenvalue weighted by atomic mass is 35.5. The van der Waals surface area contributed by atoms with Gasteiger partial charge in [0.1, 0.15) is 18.0 Å². The zero-order valence-electron chi connectivity index (χ0n) is 27.7. The number of fused-ring (bicyclic) bond motifs is 6. The number of hydrogen-bond donors (Lipinski definition) is 1. The molecule has 11 nitrogen and oxygen atoms in total. The van der Waals surface area contributed by atoms with E-state index in [9.17, 15) is 9.59 Å². The lowest BCUT2D eigenvalue weighted by molar-refractivity contribution is -0.176. The Morgan fingerprint density at radius 2 is 1.68 bits per heavy atom. The van der Waals surface area contributed by atoms with Crippen LogP contribution >= 0.6 is 11.6 Å². The number of nitrogens with one attached hydrogen (secondary N) is 1. The summed E-state index contributed by atoms with van der Waals surface area (Å²) in [6.07, 6.45) is 0.920. The van der Waals surface area contributed by atoms with Gasteiger partial charge < -0.3 is 38.1 Å². The van der Waals surface area contributed by atoms with Crippen LogP contribution in [0.4, 0.5) is 0 Å². The van der Waals surface area contributed by atoms with Crippen LogP contribution < -0.4 is 18.9 Å². The summed E-state index contributed by atoms with van der Waals surface area (Å²) in [5, 5.41) is 1.21. The number of hydrogen-bond acceptors (Lipinski definition) is 10. The van der Waals surface area contributed by atoms with E-state index in [2.05, 4.69) is 22.5 Å². The van der Waals surface area contributed by atoms with Gasteiger partial charge in [-0.3, -0.25) is 9.69 Å². The Bertz CT molecular complexity index is 1580. The van der Waals surface area contributed by atoms with E-state index in [0.29, 0.717) is 23.7 Å². The van der Waals surface area contributed by atoms with Gasteiger partial charge >= 0.3 is 11.9 Å². The number of H-pyrrole nitrogens is 1. The molecule has 1 aromatic heterocycles. The molecule has 1 saturated heterocycles. The van der Waals surface area contributed by atoms with Crippen LogP contribution in [0.3, 0.4) is 0 Å². The fourth-order valence-corrected chi connectivity index (χ4v) is 7.76. The molecule has 1 N–H and O–H groups in total. The van der Waals surface area contributed by atoms with Gasteiger partial charge in [0.15, 0.2) is 11.5 Å². The fraction of sp³-hybridized carbons (Fsp3) is 0.486. The van der Waals surface area contributed by atoms with E-state index in [0.717, 1.165) is 37.2 Å². The molecule has 3 heterocycles. The number of nitrogens with zero attached hydrogens (tertiary/aromatic N) is 1. The third kappa shape index (κ3) is 6.48. The van der Waals surface area contributed by atoms with Crippen LogP contribution in [-0.4, -0.2) is 89.8 Å². The van der Waals surface area contributed by atoms with Crippen molar-refractivity contribution in [3.05, 3.63) is 59.3 Å². The maximum absolute atomic E-state index is 13.5. The normalized spacial score (nSPS) is 24.7. The summed E-state index contributed by atoms with van der Waals surface area (Å²) in [5.41, 5.74) is 5.05. The second-order valence-corrected chi connectivity index (χ2v) is 12.2. The Hall–Kier alpha value is -3.93. The van der Waals surface area contributed by atoms with E-state index in [1.165, 1.54) is 50.6 Å². The summed E-state index contributed by atoms with van der Waals surface area (Å²) in [5.74, 6) is 0.441. The van der Waals surface area contributed by atoms with Crippen molar-refractivity contribution in [2.75, 3.05) is 55.7 Å². The topological polar surface area (TPSA) is 118 Å². The molecule has 2 aliphatic heterocycles. The maximum Gasteiger partial charge on any atom is 0.338 e. The summed E-state index contributed by atoms with van der Waals surface area (Å²) in [7, 11) is 9.10. The summed E-state index contributed by atoms with van der Waals surface area (Å²) in [4.78, 5) is 33.1. The van der Waals surface area contributed by atoms with Crippen molar-refractivity contribution >= 4 is 34.4 Å². The minimum absolute atomic E-state index is 0.0170. The number of methoxy groups -OCH3 is 6. The molecule has 0 radical (unpaired) electrons. The number of benzene rings is 2. The second-order valence-electron chi connectivity index (χ2n) is 11.8. The van der Waals surface area contributed by atoms with Crippen molar-refractivity contribution in [2.45, 2.75) is 37.5 Å². The third-order valence-corrected chi connectivity index (χ3v) is 9.76. The van der Waals surface area contributed by atoms with Gasteiger partial charge in [-0.25, -0.2) is 4.79 Å². The number of aromatic amines is 1. The van der Waals surface area contributed by atoms with Crippen LogP contribution in [0.5, 0.6) is 23.0 Å². The van der Waals surface area contributed by atoms with Gasteiger partial charge in [-0.05, 0) is 66.5 Å². The van der Waals surface area contributed by atoms with E-state index in [4.69, 9.17) is 44.8 Å². The average molecular weight is 671 g/mol. The van der Waals surface area contributed by atoms with Crippen LogP contribution in [-0.2, 0) is 25.4 Å². The van der Waals surface area contributed by atoms with Crippen molar-refractivity contribution in [1.82, 2.24) is 9.88 Å². The predicted molar refractivity (Wildman–Crippen MR) is 177 cm³/mol. The first kappa shape index (κ1) is 34.4. The van der Waals surface area contributed by atoms with E-state index in [-0.39, 0.29) is 29.4 Å². The van der Waals surface area contributed by atoms with E-state index in [1.54, 1.807) is 26.4 Å². The molecule has 1 saturated carbocycles. The Balaban J connectivity index is 0.00000139. The summed E-state index contributed by atoms with van der Waals surface area (Å²) in [6, 6.07) is 9.40. The molecule has 6 rings (SSSR count). The molecular weight excluding hydrogens is 628 g/mol. The minimum Gasteiger partial charge on any atom is -0.497 e. The van der Waals surface area contributed by atoms with Crippen molar-refractivity contribution in [3.8, 4) is 23.0 Å². The molecule has 0 spiro atoms. The molecule has 6 atom stereocenters. The zero-order chi connectivity index (χ0) is 33.8. The molecule has 0 unspecified atom stereocenters. The SMILES string of the molecule is C=CCl.COC(=O)[C@H]1[C@H]2C[C@@H]3c4[nH]c5cc(OC)ccc5c4CCN3C[C@H]2C[C@@H](OC(=O)c2cc(OC)c(OC)c(OC)c2)[C@@H]1OC. The number of aromatic nitrogens is 1. The van der Waals surface area contributed by atoms with Crippen LogP contribution in [0.25, 0.3) is 10.9 Å². The lowest BCUT2D eigenvalue weighted by Gasteiger charge is -2.52. The number of piperidine rings is 1. The largest absolute Gasteiger partial charge is 0.497 e. The third-order valence-electron chi connectivity index (χ3n) is 9.76. The van der Waals surface area contributed by atoms with Gasteiger partial charge in [0.2, 0.25) is 5.75 Å². The number of halogens is 1. The highest BCUT2D eigenvalue weighted by Gasteiger charge is 2.54. The smallest absolute Gasteiger partial charge is 0.338 e. The van der Waals surface area contributed by atoms with Gasteiger partial charge in [0, 0.05) is 42.9 Å². The number of esters is 2. The van der Waals surface area contributed by atoms with E-state index in [1.807, 2.05) is 12.1 Å². The fourth-order valence-electron chi connectivity index (χ4n) is 7.76. The molecule has 0 amide bonds. The first-order chi connectivity index (χ1) is 22.8. The molecule has 3 aromatic rings. The van der Waals surface area contributed by atoms with Crippen LogP contribution in [0, 0.1) is 17.8 Å². The highest BCUT2D eigenvalue weighted by Crippen LogP contribution is 2.51. The van der Waals surface area contributed by atoms with Gasteiger partial charge in [0.25, 0.3) is 0 Å². The van der Waals surface area contributed by atoms with Crippen molar-refractivity contribution in [1.29, 1.82) is 0 Å². The molecule has 47 heavy (non-hydrogen) atoms. The Labute approximate surface area is 280 Å².